The lowest BCUT2D eigenvalue weighted by Gasteiger charge is -2.36. The summed E-state index contributed by atoms with van der Waals surface area (Å²) in [5.74, 6) is 0.0886. The molecule has 178 valence electrons. The molecule has 2 aliphatic rings. The van der Waals surface area contributed by atoms with Crippen LogP contribution in [0, 0.1) is 5.82 Å². The topological polar surface area (TPSA) is 117 Å². The van der Waals surface area contributed by atoms with E-state index in [0.29, 0.717) is 12.1 Å². The van der Waals surface area contributed by atoms with Gasteiger partial charge < -0.3 is 20.9 Å². The van der Waals surface area contributed by atoms with E-state index < -0.39 is 17.9 Å². The number of benzene rings is 1. The van der Waals surface area contributed by atoms with E-state index in [1.54, 1.807) is 19.1 Å². The van der Waals surface area contributed by atoms with Crippen molar-refractivity contribution in [1.29, 1.82) is 0 Å². The third-order valence-electron chi connectivity index (χ3n) is 6.28. The molecule has 0 aliphatic carbocycles. The molecule has 2 aliphatic heterocycles. The molecular formula is C23H31FN6O3. The lowest BCUT2D eigenvalue weighted by molar-refractivity contribution is 0.0475. The van der Waals surface area contributed by atoms with Gasteiger partial charge in [-0.15, -0.1) is 0 Å². The summed E-state index contributed by atoms with van der Waals surface area (Å²) in [5, 5.41) is 13.4. The fourth-order valence-corrected chi connectivity index (χ4v) is 4.18. The first-order valence-electron chi connectivity index (χ1n) is 11.1. The predicted octanol–water partition coefficient (Wildman–Crippen LogP) is 2.77. The van der Waals surface area contributed by atoms with Gasteiger partial charge in [-0.1, -0.05) is 12.1 Å². The molecule has 4 N–H and O–H groups in total. The van der Waals surface area contributed by atoms with Crippen LogP contribution in [0.3, 0.4) is 0 Å². The second-order valence-electron chi connectivity index (χ2n) is 9.50. The molecule has 1 amide bonds. The van der Waals surface area contributed by atoms with Crippen LogP contribution in [0.1, 0.15) is 50.8 Å². The average Bonchev–Trinajstić information content (AvgIpc) is 3.02. The molecule has 1 aromatic heterocycles. The van der Waals surface area contributed by atoms with Gasteiger partial charge in [0, 0.05) is 36.9 Å². The number of hydrogen-bond donors (Lipinski definition) is 3. The van der Waals surface area contributed by atoms with E-state index in [9.17, 15) is 14.3 Å². The summed E-state index contributed by atoms with van der Waals surface area (Å²) in [7, 11) is 0. The number of carbonyl (C=O) groups is 1. The molecule has 0 unspecified atom stereocenters. The van der Waals surface area contributed by atoms with Crippen LogP contribution in [0.2, 0.25) is 0 Å². The Hall–Kier alpha value is -2.82. The number of cyclic esters (lactones) is 1. The van der Waals surface area contributed by atoms with Crippen molar-refractivity contribution in [3.8, 4) is 0 Å². The predicted molar refractivity (Wildman–Crippen MR) is 122 cm³/mol. The molecular weight excluding hydrogens is 427 g/mol. The third kappa shape index (κ3) is 5.23. The monoisotopic (exact) mass is 458 g/mol. The number of nitrogens with one attached hydrogen (secondary N) is 1. The molecule has 0 saturated carbocycles. The van der Waals surface area contributed by atoms with Gasteiger partial charge in [0.15, 0.2) is 5.72 Å². The SMILES string of the molecule is C[C@H](Nc1nccc(N2C(=O)OC[C@]2(C)O)n1)c1ccc(CN2CCC(C)(N)CC2)cc1F. The first-order chi connectivity index (χ1) is 15.5. The first kappa shape index (κ1) is 23.3. The maximum Gasteiger partial charge on any atom is 0.418 e. The highest BCUT2D eigenvalue weighted by molar-refractivity contribution is 5.89. The van der Waals surface area contributed by atoms with Gasteiger partial charge in [-0.05, 0) is 51.3 Å². The van der Waals surface area contributed by atoms with Crippen molar-refractivity contribution < 1.29 is 19.0 Å². The van der Waals surface area contributed by atoms with Gasteiger partial charge in [-0.2, -0.15) is 4.98 Å². The zero-order valence-corrected chi connectivity index (χ0v) is 19.2. The zero-order chi connectivity index (χ0) is 23.8. The largest absolute Gasteiger partial charge is 0.444 e. The highest BCUT2D eigenvalue weighted by Gasteiger charge is 2.44. The number of aliphatic hydroxyl groups is 1. The Morgan fingerprint density at radius 3 is 2.67 bits per heavy atom. The molecule has 33 heavy (non-hydrogen) atoms. The molecule has 0 radical (unpaired) electrons. The number of hydrogen-bond acceptors (Lipinski definition) is 8. The van der Waals surface area contributed by atoms with E-state index in [4.69, 9.17) is 10.5 Å². The Morgan fingerprint density at radius 1 is 1.30 bits per heavy atom. The zero-order valence-electron chi connectivity index (χ0n) is 19.2. The highest BCUT2D eigenvalue weighted by atomic mass is 19.1. The number of anilines is 2. The van der Waals surface area contributed by atoms with Crippen molar-refractivity contribution in [2.45, 2.75) is 57.5 Å². The summed E-state index contributed by atoms with van der Waals surface area (Å²) in [6.07, 6.45) is 2.63. The summed E-state index contributed by atoms with van der Waals surface area (Å²) in [6.45, 7) is 7.68. The number of amides is 1. The second kappa shape index (κ2) is 8.85. The number of carbonyl (C=O) groups excluding carboxylic acids is 1. The Labute approximate surface area is 192 Å². The molecule has 10 heteroatoms. The number of nitrogens with two attached hydrogens (primary N) is 1. The maximum atomic E-state index is 14.9. The third-order valence-corrected chi connectivity index (χ3v) is 6.28. The molecule has 3 heterocycles. The van der Waals surface area contributed by atoms with Gasteiger partial charge in [-0.25, -0.2) is 19.1 Å². The van der Waals surface area contributed by atoms with Gasteiger partial charge in [-0.3, -0.25) is 4.90 Å². The van der Waals surface area contributed by atoms with Crippen LogP contribution in [-0.4, -0.2) is 57.0 Å². The summed E-state index contributed by atoms with van der Waals surface area (Å²) in [4.78, 5) is 23.8. The molecule has 2 fully saturated rings. The fraction of sp³-hybridized carbons (Fsp3) is 0.522. The number of halogens is 1. The minimum absolute atomic E-state index is 0.114. The normalized spacial score (nSPS) is 23.9. The minimum atomic E-state index is -1.51. The summed E-state index contributed by atoms with van der Waals surface area (Å²) in [5.41, 5.74) is 5.97. The maximum absolute atomic E-state index is 14.9. The van der Waals surface area contributed by atoms with Crippen LogP contribution >= 0.6 is 0 Å². The summed E-state index contributed by atoms with van der Waals surface area (Å²) in [6, 6.07) is 6.35. The smallest absolute Gasteiger partial charge is 0.418 e. The highest BCUT2D eigenvalue weighted by Crippen LogP contribution is 2.29. The quantitative estimate of drug-likeness (QED) is 0.605. The number of ether oxygens (including phenoxy) is 1. The van der Waals surface area contributed by atoms with Crippen LogP contribution in [0.4, 0.5) is 21.0 Å². The van der Waals surface area contributed by atoms with Gasteiger partial charge in [0.05, 0.1) is 6.04 Å². The first-order valence-corrected chi connectivity index (χ1v) is 11.1. The molecule has 0 bridgehead atoms. The summed E-state index contributed by atoms with van der Waals surface area (Å²) < 4.78 is 19.9. The number of nitrogens with zero attached hydrogens (tertiary/aromatic N) is 4. The summed E-state index contributed by atoms with van der Waals surface area (Å²) >= 11 is 0. The lowest BCUT2D eigenvalue weighted by atomic mass is 9.91. The minimum Gasteiger partial charge on any atom is -0.444 e. The van der Waals surface area contributed by atoms with Crippen LogP contribution in [0.25, 0.3) is 0 Å². The van der Waals surface area contributed by atoms with Crippen LogP contribution < -0.4 is 16.0 Å². The molecule has 2 atom stereocenters. The van der Waals surface area contributed by atoms with Gasteiger partial charge in [0.25, 0.3) is 0 Å². The molecule has 0 spiro atoms. The van der Waals surface area contributed by atoms with E-state index in [1.165, 1.54) is 19.2 Å². The number of piperidine rings is 1. The Kier molecular flexibility index (Phi) is 6.26. The van der Waals surface area contributed by atoms with E-state index in [-0.39, 0.29) is 29.7 Å². The van der Waals surface area contributed by atoms with Crippen LogP contribution in [0.5, 0.6) is 0 Å². The fourth-order valence-electron chi connectivity index (χ4n) is 4.18. The van der Waals surface area contributed by atoms with Crippen molar-refractivity contribution in [3.05, 3.63) is 47.4 Å². The molecule has 1 aromatic carbocycles. The number of rotatable bonds is 6. The van der Waals surface area contributed by atoms with Crippen molar-refractivity contribution >= 4 is 17.9 Å². The standard InChI is InChI=1S/C23H31FN6O3/c1-15(27-20-26-9-6-19(28-20)30-21(31)33-14-23(30,3)32)17-5-4-16(12-18(17)24)13-29-10-7-22(2,25)8-11-29/h4-6,9,12,15,32H,7-8,10-11,13-14,25H2,1-3H3,(H,26,27,28)/t15-,23-/m0/s1. The Bertz CT molecular complexity index is 1020. The van der Waals surface area contributed by atoms with Crippen molar-refractivity contribution in [1.82, 2.24) is 14.9 Å². The van der Waals surface area contributed by atoms with E-state index in [1.807, 2.05) is 6.07 Å². The molecule has 9 nitrogen and oxygen atoms in total. The molecule has 4 rings (SSSR count). The second-order valence-corrected chi connectivity index (χ2v) is 9.50. The van der Waals surface area contributed by atoms with Gasteiger partial charge in [0.2, 0.25) is 5.95 Å². The van der Waals surface area contributed by atoms with E-state index in [0.717, 1.165) is 36.4 Å². The average molecular weight is 459 g/mol. The van der Waals surface area contributed by atoms with Crippen LogP contribution in [-0.2, 0) is 11.3 Å². The van der Waals surface area contributed by atoms with Crippen LogP contribution in [0.15, 0.2) is 30.5 Å². The lowest BCUT2D eigenvalue weighted by Crippen LogP contribution is -2.47. The van der Waals surface area contributed by atoms with Gasteiger partial charge in [0.1, 0.15) is 18.2 Å². The van der Waals surface area contributed by atoms with E-state index in [2.05, 4.69) is 27.1 Å². The van der Waals surface area contributed by atoms with Gasteiger partial charge >= 0.3 is 6.09 Å². The molecule has 2 aromatic rings. The Morgan fingerprint density at radius 2 is 2.03 bits per heavy atom. The Balaban J connectivity index is 1.43. The van der Waals surface area contributed by atoms with Crippen molar-refractivity contribution in [2.75, 3.05) is 29.9 Å². The van der Waals surface area contributed by atoms with E-state index >= 15 is 0 Å². The van der Waals surface area contributed by atoms with Crippen molar-refractivity contribution in [2.24, 2.45) is 5.73 Å². The van der Waals surface area contributed by atoms with Crippen molar-refractivity contribution in [3.63, 3.8) is 0 Å². The molecule has 2 saturated heterocycles. The number of likely N-dealkylation sites (tertiary alicyclic amines) is 1. The number of aromatic nitrogens is 2.